The highest BCUT2D eigenvalue weighted by Crippen LogP contribution is 2.19. The van der Waals surface area contributed by atoms with Crippen molar-refractivity contribution in [1.82, 2.24) is 9.97 Å². The molecular weight excluding hydrogens is 246 g/mol. The zero-order chi connectivity index (χ0) is 15.8. The predicted octanol–water partition coefficient (Wildman–Crippen LogP) is 5.06. The molecule has 0 amide bonds. The van der Waals surface area contributed by atoms with Crippen molar-refractivity contribution in [2.24, 2.45) is 5.41 Å². The lowest BCUT2D eigenvalue weighted by atomic mass is 9.99. The second kappa shape index (κ2) is 8.68. The maximum absolute atomic E-state index is 8.15. The molecule has 1 rings (SSSR count). The number of nitrogens with zero attached hydrogens (tertiary/aromatic N) is 3. The van der Waals surface area contributed by atoms with Crippen LogP contribution in [0.25, 0.3) is 0 Å². The van der Waals surface area contributed by atoms with Crippen LogP contribution in [0.5, 0.6) is 0 Å². The van der Waals surface area contributed by atoms with Crippen LogP contribution in [0.1, 0.15) is 84.5 Å². The summed E-state index contributed by atoms with van der Waals surface area (Å²) in [5.41, 5.74) is 1.11. The summed E-state index contributed by atoms with van der Waals surface area (Å²) in [5, 5.41) is 8.15. The lowest BCUT2D eigenvalue weighted by molar-refractivity contribution is 0.561. The van der Waals surface area contributed by atoms with E-state index in [0.717, 1.165) is 5.82 Å². The van der Waals surface area contributed by atoms with Crippen LogP contribution in [0.2, 0.25) is 0 Å². The molecule has 1 unspecified atom stereocenters. The van der Waals surface area contributed by atoms with E-state index in [1.807, 2.05) is 33.2 Å². The van der Waals surface area contributed by atoms with Crippen LogP contribution in [0.15, 0.2) is 12.4 Å². The van der Waals surface area contributed by atoms with Crippen LogP contribution in [0.4, 0.5) is 0 Å². The number of rotatable bonds is 4. The monoisotopic (exact) mass is 275 g/mol. The largest absolute Gasteiger partial charge is 0.241 e. The predicted molar refractivity (Wildman–Crippen MR) is 84.5 cm³/mol. The van der Waals surface area contributed by atoms with Crippen LogP contribution in [-0.4, -0.2) is 9.97 Å². The maximum Gasteiger partial charge on any atom is 0.130 e. The summed E-state index contributed by atoms with van der Waals surface area (Å²) < 4.78 is 0. The highest BCUT2D eigenvalue weighted by molar-refractivity contribution is 5.11. The van der Waals surface area contributed by atoms with Gasteiger partial charge in [-0.05, 0) is 38.7 Å². The lowest BCUT2D eigenvalue weighted by Gasteiger charge is -2.10. The summed E-state index contributed by atoms with van der Waals surface area (Å²) in [4.78, 5) is 8.74. The van der Waals surface area contributed by atoms with Crippen LogP contribution in [0.3, 0.4) is 0 Å². The van der Waals surface area contributed by atoms with Gasteiger partial charge >= 0.3 is 0 Å². The molecule has 0 aliphatic carbocycles. The smallest absolute Gasteiger partial charge is 0.130 e. The van der Waals surface area contributed by atoms with Gasteiger partial charge in [-0.25, -0.2) is 9.97 Å². The van der Waals surface area contributed by atoms with Gasteiger partial charge in [-0.15, -0.1) is 0 Å². The number of aromatic nitrogens is 2. The van der Waals surface area contributed by atoms with E-state index in [-0.39, 0.29) is 5.41 Å². The third kappa shape index (κ3) is 7.89. The molecule has 0 aliphatic heterocycles. The second-order valence-electron chi connectivity index (χ2n) is 6.58. The molecule has 0 aliphatic rings. The third-order valence-electron chi connectivity index (χ3n) is 2.83. The normalized spacial score (nSPS) is 12.3. The first-order valence-electron chi connectivity index (χ1n) is 7.44. The van der Waals surface area contributed by atoms with Crippen LogP contribution < -0.4 is 0 Å². The minimum absolute atomic E-state index is 0.153. The second-order valence-corrected chi connectivity index (χ2v) is 6.58. The minimum atomic E-state index is -0.153. The Kier molecular flexibility index (Phi) is 8.06. The quantitative estimate of drug-likeness (QED) is 0.771. The Morgan fingerprint density at radius 1 is 1.15 bits per heavy atom. The Morgan fingerprint density at radius 2 is 1.60 bits per heavy atom. The van der Waals surface area contributed by atoms with Crippen molar-refractivity contribution >= 4 is 0 Å². The van der Waals surface area contributed by atoms with Gasteiger partial charge in [0.25, 0.3) is 0 Å². The van der Waals surface area contributed by atoms with Crippen molar-refractivity contribution in [3.8, 4) is 6.07 Å². The van der Waals surface area contributed by atoms with Crippen molar-refractivity contribution in [2.45, 2.75) is 73.1 Å². The van der Waals surface area contributed by atoms with E-state index < -0.39 is 0 Å². The molecule has 0 saturated carbocycles. The Hall–Kier alpha value is -1.43. The van der Waals surface area contributed by atoms with Gasteiger partial charge in [0.1, 0.15) is 5.82 Å². The molecule has 0 aromatic carbocycles. The average Bonchev–Trinajstić information content (AvgIpc) is 2.39. The molecule has 0 spiro atoms. The summed E-state index contributed by atoms with van der Waals surface area (Å²) in [5.74, 6) is 1.95. The van der Waals surface area contributed by atoms with Gasteiger partial charge in [0, 0.05) is 23.7 Å². The Bertz CT molecular complexity index is 407. The molecule has 1 aromatic heterocycles. The third-order valence-corrected chi connectivity index (χ3v) is 2.83. The zero-order valence-electron chi connectivity index (χ0n) is 14.1. The number of nitriles is 1. The summed E-state index contributed by atoms with van der Waals surface area (Å²) in [6, 6.07) is 2.10. The molecule has 1 heterocycles. The summed E-state index contributed by atoms with van der Waals surface area (Å²) in [6.45, 7) is 14.3. The van der Waals surface area contributed by atoms with Crippen molar-refractivity contribution in [3.63, 3.8) is 0 Å². The van der Waals surface area contributed by atoms with Crippen LogP contribution >= 0.6 is 0 Å². The molecule has 3 heteroatoms. The molecule has 3 nitrogen and oxygen atoms in total. The first-order chi connectivity index (χ1) is 9.21. The molecule has 1 atom stereocenters. The Morgan fingerprint density at radius 3 is 1.90 bits per heavy atom. The van der Waals surface area contributed by atoms with Crippen molar-refractivity contribution < 1.29 is 0 Å². The summed E-state index contributed by atoms with van der Waals surface area (Å²) in [7, 11) is 0. The van der Waals surface area contributed by atoms with E-state index in [1.165, 1.54) is 18.4 Å². The van der Waals surface area contributed by atoms with Gasteiger partial charge in [0.15, 0.2) is 0 Å². The first-order valence-corrected chi connectivity index (χ1v) is 7.44. The Labute approximate surface area is 124 Å². The standard InChI is InChI=1S/C12H20N2.C5H9N/c1-5-6-10(4)11-7-13-12(9(2)3)14-8-11;1-5(2,3)4-6/h7-10H,5-6H2,1-4H3;1-3H3. The van der Waals surface area contributed by atoms with Gasteiger partial charge in [0.2, 0.25) is 0 Å². The molecule has 0 N–H and O–H groups in total. The first kappa shape index (κ1) is 18.6. The summed E-state index contributed by atoms with van der Waals surface area (Å²) in [6.07, 6.45) is 6.38. The topological polar surface area (TPSA) is 49.6 Å². The molecule has 1 aromatic rings. The molecule has 112 valence electrons. The molecule has 20 heavy (non-hydrogen) atoms. The SMILES string of the molecule is CC(C)(C)C#N.CCCC(C)c1cnc(C(C)C)nc1. The van der Waals surface area contributed by atoms with Crippen molar-refractivity contribution in [3.05, 3.63) is 23.8 Å². The fourth-order valence-corrected chi connectivity index (χ4v) is 1.50. The minimum Gasteiger partial charge on any atom is -0.241 e. The van der Waals surface area contributed by atoms with Crippen molar-refractivity contribution in [2.75, 3.05) is 0 Å². The fourth-order valence-electron chi connectivity index (χ4n) is 1.50. The van der Waals surface area contributed by atoms with E-state index >= 15 is 0 Å². The molecule has 0 saturated heterocycles. The van der Waals surface area contributed by atoms with Gasteiger partial charge in [-0.3, -0.25) is 0 Å². The van der Waals surface area contributed by atoms with E-state index in [9.17, 15) is 0 Å². The van der Waals surface area contributed by atoms with E-state index in [2.05, 4.69) is 43.7 Å². The summed E-state index contributed by atoms with van der Waals surface area (Å²) >= 11 is 0. The fraction of sp³-hybridized carbons (Fsp3) is 0.706. The number of hydrogen-bond donors (Lipinski definition) is 0. The maximum atomic E-state index is 8.15. The van der Waals surface area contributed by atoms with E-state index in [0.29, 0.717) is 11.8 Å². The molecule has 0 radical (unpaired) electrons. The lowest BCUT2D eigenvalue weighted by Crippen LogP contribution is -2.00. The average molecular weight is 275 g/mol. The number of hydrogen-bond acceptors (Lipinski definition) is 3. The van der Waals surface area contributed by atoms with Gasteiger partial charge in [-0.2, -0.15) is 5.26 Å². The van der Waals surface area contributed by atoms with E-state index in [4.69, 9.17) is 5.26 Å². The van der Waals surface area contributed by atoms with Crippen LogP contribution in [-0.2, 0) is 0 Å². The highest BCUT2D eigenvalue weighted by Gasteiger charge is 2.07. The highest BCUT2D eigenvalue weighted by atomic mass is 14.9. The van der Waals surface area contributed by atoms with Gasteiger partial charge in [0.05, 0.1) is 6.07 Å². The molecule has 0 fully saturated rings. The van der Waals surface area contributed by atoms with Crippen molar-refractivity contribution in [1.29, 1.82) is 5.26 Å². The zero-order valence-corrected chi connectivity index (χ0v) is 14.1. The van der Waals surface area contributed by atoms with E-state index in [1.54, 1.807) is 0 Å². The van der Waals surface area contributed by atoms with Gasteiger partial charge in [-0.1, -0.05) is 34.1 Å². The molecule has 0 bridgehead atoms. The van der Waals surface area contributed by atoms with Gasteiger partial charge < -0.3 is 0 Å². The van der Waals surface area contributed by atoms with Crippen LogP contribution in [0, 0.1) is 16.7 Å². The Balaban J connectivity index is 0.000000511. The molecular formula is C17H29N3.